The number of hydrogen-bond acceptors (Lipinski definition) is 7. The highest BCUT2D eigenvalue weighted by molar-refractivity contribution is 7.45. The molecule has 0 aromatic carbocycles. The summed E-state index contributed by atoms with van der Waals surface area (Å²) in [4.78, 5) is 25.0. The molecule has 0 fully saturated rings. The molecular weight excluding hydrogens is 758 g/mol. The highest BCUT2D eigenvalue weighted by atomic mass is 31.2. The van der Waals surface area contributed by atoms with E-state index in [2.05, 4.69) is 98.9 Å². The van der Waals surface area contributed by atoms with Gasteiger partial charge in [0.2, 0.25) is 0 Å². The van der Waals surface area contributed by atoms with Crippen molar-refractivity contribution in [3.8, 4) is 0 Å². The van der Waals surface area contributed by atoms with E-state index in [9.17, 15) is 14.3 Å². The summed E-state index contributed by atoms with van der Waals surface area (Å²) >= 11 is 0. The molecule has 0 aliphatic rings. The van der Waals surface area contributed by atoms with E-state index in [1.54, 1.807) is 0 Å². The lowest BCUT2D eigenvalue weighted by Gasteiger charge is -2.28. The largest absolute Gasteiger partial charge is 0.756 e. The number of carbonyl (C=O) groups is 1. The van der Waals surface area contributed by atoms with Crippen LogP contribution in [-0.2, 0) is 27.9 Å². The van der Waals surface area contributed by atoms with Crippen LogP contribution in [0.1, 0.15) is 168 Å². The lowest BCUT2D eigenvalue weighted by Crippen LogP contribution is -2.37. The van der Waals surface area contributed by atoms with Crippen LogP contribution in [0.5, 0.6) is 0 Å². The SMILES string of the molecule is CC/C=C\C/C=C\C/C=C\C/C=C\C/C=C\C/C=C\C/C=C\CCCCCCOCC(COP(=O)([O-])OCC[N+](C)(C)C)OC(=O)CCCCCCCCCCCCC. The van der Waals surface area contributed by atoms with Crippen LogP contribution in [0.3, 0.4) is 0 Å². The summed E-state index contributed by atoms with van der Waals surface area (Å²) in [6, 6.07) is 0. The summed E-state index contributed by atoms with van der Waals surface area (Å²) in [5, 5.41) is 0. The number of phosphoric acid groups is 1. The van der Waals surface area contributed by atoms with Crippen LogP contribution in [0.4, 0.5) is 0 Å². The fourth-order valence-corrected chi connectivity index (χ4v) is 6.61. The van der Waals surface area contributed by atoms with E-state index in [0.29, 0.717) is 24.1 Å². The third kappa shape index (κ3) is 46.6. The molecule has 0 aromatic rings. The van der Waals surface area contributed by atoms with E-state index < -0.39 is 13.9 Å². The molecule has 0 aliphatic carbocycles. The lowest BCUT2D eigenvalue weighted by atomic mass is 10.1. The molecule has 0 aliphatic heterocycles. The summed E-state index contributed by atoms with van der Waals surface area (Å²) in [6.07, 6.45) is 56.0. The highest BCUT2D eigenvalue weighted by Crippen LogP contribution is 2.38. The quantitative estimate of drug-likeness (QED) is 0.0199. The second-order valence-corrected chi connectivity index (χ2v) is 17.8. The van der Waals surface area contributed by atoms with E-state index in [1.807, 2.05) is 21.1 Å². The molecule has 2 unspecified atom stereocenters. The fourth-order valence-electron chi connectivity index (χ4n) is 5.88. The highest BCUT2D eigenvalue weighted by Gasteiger charge is 2.20. The molecule has 0 saturated carbocycles. The molecule has 0 saturated heterocycles. The number of carbonyl (C=O) groups excluding carboxylic acids is 1. The number of ether oxygens (including phenoxy) is 2. The molecule has 340 valence electrons. The normalized spacial score (nSPS) is 14.5. The third-order valence-electron chi connectivity index (χ3n) is 9.46. The van der Waals surface area contributed by atoms with Gasteiger partial charge in [-0.15, -0.1) is 0 Å². The second-order valence-electron chi connectivity index (χ2n) is 16.4. The number of unbranched alkanes of at least 4 members (excludes halogenated alkanes) is 14. The van der Waals surface area contributed by atoms with E-state index in [-0.39, 0.29) is 25.8 Å². The minimum absolute atomic E-state index is 0.0172. The Hall–Kier alpha value is -2.32. The standard InChI is InChI=1S/C50H88NO7P/c1-6-8-10-12-14-16-18-19-20-21-22-23-24-25-26-27-28-29-30-31-32-34-36-38-40-42-45-55-47-49(48-57-59(53,54)56-46-44-51(3,4)5)58-50(52)43-41-39-37-35-33-17-15-13-11-9-7-2/h8,10,14,16,19-20,22-23,25-26,28-29,31-32,49H,6-7,9,11-13,15,17-18,21,24,27,30,33-48H2,1-5H3/b10-8-,16-14-,20-19-,23-22-,26-25-,29-28-,32-31-. The molecule has 0 heterocycles. The lowest BCUT2D eigenvalue weighted by molar-refractivity contribution is -0.870. The molecule has 0 amide bonds. The number of allylic oxidation sites excluding steroid dienone is 14. The van der Waals surface area contributed by atoms with Crippen LogP contribution in [0.15, 0.2) is 85.1 Å². The van der Waals surface area contributed by atoms with Crippen LogP contribution in [0.25, 0.3) is 0 Å². The molecule has 2 atom stereocenters. The van der Waals surface area contributed by atoms with Crippen LogP contribution < -0.4 is 4.89 Å². The number of hydrogen-bond donors (Lipinski definition) is 0. The predicted octanol–water partition coefficient (Wildman–Crippen LogP) is 13.4. The minimum atomic E-state index is -4.53. The first-order valence-electron chi connectivity index (χ1n) is 23.3. The molecule has 0 aromatic heterocycles. The van der Waals surface area contributed by atoms with Crippen molar-refractivity contribution in [3.63, 3.8) is 0 Å². The Kier molecular flexibility index (Phi) is 40.7. The predicted molar refractivity (Wildman–Crippen MR) is 249 cm³/mol. The van der Waals surface area contributed by atoms with Gasteiger partial charge in [-0.05, 0) is 70.6 Å². The van der Waals surface area contributed by atoms with Crippen molar-refractivity contribution in [2.24, 2.45) is 0 Å². The molecule has 0 bridgehead atoms. The molecule has 0 spiro atoms. The third-order valence-corrected chi connectivity index (χ3v) is 10.4. The topological polar surface area (TPSA) is 94.1 Å². The molecule has 0 N–H and O–H groups in total. The molecule has 59 heavy (non-hydrogen) atoms. The van der Waals surface area contributed by atoms with E-state index in [0.717, 1.165) is 96.3 Å². The maximum Gasteiger partial charge on any atom is 0.306 e. The smallest absolute Gasteiger partial charge is 0.306 e. The summed E-state index contributed by atoms with van der Waals surface area (Å²) in [5.41, 5.74) is 0. The average molecular weight is 846 g/mol. The van der Waals surface area contributed by atoms with Gasteiger partial charge in [0, 0.05) is 13.0 Å². The van der Waals surface area contributed by atoms with Gasteiger partial charge in [-0.2, -0.15) is 0 Å². The first-order valence-corrected chi connectivity index (χ1v) is 24.8. The van der Waals surface area contributed by atoms with Gasteiger partial charge in [-0.1, -0.05) is 176 Å². The average Bonchev–Trinajstić information content (AvgIpc) is 3.19. The van der Waals surface area contributed by atoms with Gasteiger partial charge >= 0.3 is 5.97 Å². The van der Waals surface area contributed by atoms with Crippen LogP contribution in [-0.4, -0.2) is 70.7 Å². The Balaban J connectivity index is 4.21. The minimum Gasteiger partial charge on any atom is -0.756 e. The van der Waals surface area contributed by atoms with Crippen molar-refractivity contribution in [2.75, 3.05) is 54.1 Å². The first-order chi connectivity index (χ1) is 28.6. The zero-order valence-electron chi connectivity index (χ0n) is 38.4. The number of likely N-dealkylation sites (N-methyl/N-ethyl adjacent to an activating group) is 1. The van der Waals surface area contributed by atoms with Crippen molar-refractivity contribution >= 4 is 13.8 Å². The van der Waals surface area contributed by atoms with Gasteiger partial charge in [0.15, 0.2) is 0 Å². The van der Waals surface area contributed by atoms with Crippen molar-refractivity contribution in [1.29, 1.82) is 0 Å². The summed E-state index contributed by atoms with van der Waals surface area (Å²) in [7, 11) is 1.33. The van der Waals surface area contributed by atoms with Crippen molar-refractivity contribution < 1.29 is 37.3 Å². The van der Waals surface area contributed by atoms with E-state index >= 15 is 0 Å². The first kappa shape index (κ1) is 56.7. The van der Waals surface area contributed by atoms with Crippen molar-refractivity contribution in [2.45, 2.75) is 174 Å². The number of esters is 1. The number of nitrogens with zero attached hydrogens (tertiary/aromatic N) is 1. The molecule has 0 rings (SSSR count). The Labute approximate surface area is 363 Å². The Morgan fingerprint density at radius 1 is 0.542 bits per heavy atom. The molecule has 9 heteroatoms. The van der Waals surface area contributed by atoms with Crippen LogP contribution in [0.2, 0.25) is 0 Å². The summed E-state index contributed by atoms with van der Waals surface area (Å²) in [5.74, 6) is -0.348. The van der Waals surface area contributed by atoms with Gasteiger partial charge in [0.05, 0.1) is 34.4 Å². The Morgan fingerprint density at radius 3 is 1.47 bits per heavy atom. The van der Waals surface area contributed by atoms with Gasteiger partial charge in [-0.25, -0.2) is 0 Å². The molecule has 0 radical (unpaired) electrons. The maximum absolute atomic E-state index is 12.6. The Morgan fingerprint density at radius 2 is 0.983 bits per heavy atom. The number of quaternary nitrogens is 1. The second kappa shape index (κ2) is 42.4. The molecular formula is C50H88NO7P. The zero-order valence-corrected chi connectivity index (χ0v) is 39.3. The molecule has 8 nitrogen and oxygen atoms in total. The van der Waals surface area contributed by atoms with E-state index in [4.69, 9.17) is 18.5 Å². The monoisotopic (exact) mass is 846 g/mol. The number of phosphoric ester groups is 1. The van der Waals surface area contributed by atoms with Gasteiger partial charge in [0.25, 0.3) is 7.82 Å². The zero-order chi connectivity index (χ0) is 43.4. The van der Waals surface area contributed by atoms with Gasteiger partial charge in [-0.3, -0.25) is 9.36 Å². The van der Waals surface area contributed by atoms with Gasteiger partial charge in [0.1, 0.15) is 19.3 Å². The fraction of sp³-hybridized carbons (Fsp3) is 0.700. The van der Waals surface area contributed by atoms with Gasteiger partial charge < -0.3 is 27.9 Å². The van der Waals surface area contributed by atoms with E-state index in [1.165, 1.54) is 51.4 Å². The van der Waals surface area contributed by atoms with Crippen molar-refractivity contribution in [1.82, 2.24) is 0 Å². The Bertz CT molecular complexity index is 1210. The maximum atomic E-state index is 12.6. The summed E-state index contributed by atoms with van der Waals surface area (Å²) in [6.45, 7) is 5.21. The number of rotatable bonds is 42. The van der Waals surface area contributed by atoms with Crippen molar-refractivity contribution in [3.05, 3.63) is 85.1 Å². The van der Waals surface area contributed by atoms with Crippen LogP contribution in [0, 0.1) is 0 Å². The van der Waals surface area contributed by atoms with Crippen LogP contribution >= 0.6 is 7.82 Å². The summed E-state index contributed by atoms with van der Waals surface area (Å²) < 4.78 is 34.6.